The first-order valence-electron chi connectivity index (χ1n) is 5.27. The van der Waals surface area contributed by atoms with Crippen LogP contribution in [0.3, 0.4) is 0 Å². The van der Waals surface area contributed by atoms with Crippen molar-refractivity contribution in [2.24, 2.45) is 0 Å². The number of carbonyl (C=O) groups is 1. The summed E-state index contributed by atoms with van der Waals surface area (Å²) >= 11 is 1.41. The zero-order valence-corrected chi connectivity index (χ0v) is 10.0. The van der Waals surface area contributed by atoms with Crippen LogP contribution in [0.25, 0.3) is 21.5 Å². The number of H-pyrrole nitrogens is 1. The van der Waals surface area contributed by atoms with Gasteiger partial charge < -0.3 is 4.98 Å². The highest BCUT2D eigenvalue weighted by molar-refractivity contribution is 7.16. The Hall–Kier alpha value is -1.94. The molecule has 0 bridgehead atoms. The number of aromatic nitrogens is 2. The van der Waals surface area contributed by atoms with E-state index in [0.717, 1.165) is 27.8 Å². The quantitative estimate of drug-likeness (QED) is 0.700. The first-order valence-corrected chi connectivity index (χ1v) is 6.08. The van der Waals surface area contributed by atoms with E-state index in [2.05, 4.69) is 35.1 Å². The van der Waals surface area contributed by atoms with Crippen LogP contribution in [0.2, 0.25) is 0 Å². The van der Waals surface area contributed by atoms with Gasteiger partial charge in [0.25, 0.3) is 0 Å². The maximum atomic E-state index is 10.7. The predicted molar refractivity (Wildman–Crippen MR) is 69.5 cm³/mol. The van der Waals surface area contributed by atoms with E-state index >= 15 is 0 Å². The number of hydrogen-bond donors (Lipinski definition) is 1. The third kappa shape index (κ3) is 1.66. The molecule has 17 heavy (non-hydrogen) atoms. The third-order valence-electron chi connectivity index (χ3n) is 2.71. The molecule has 1 N–H and O–H groups in total. The van der Waals surface area contributed by atoms with Gasteiger partial charge in [0.1, 0.15) is 5.01 Å². The van der Waals surface area contributed by atoms with Gasteiger partial charge in [0.2, 0.25) is 0 Å². The third-order valence-corrected chi connectivity index (χ3v) is 3.66. The first-order chi connectivity index (χ1) is 8.28. The van der Waals surface area contributed by atoms with Gasteiger partial charge in [-0.25, -0.2) is 4.98 Å². The summed E-state index contributed by atoms with van der Waals surface area (Å²) in [7, 11) is 0. The molecule has 0 saturated heterocycles. The molecular weight excluding hydrogens is 232 g/mol. The number of thiazole rings is 1. The minimum atomic E-state index is 0.655. The molecule has 2 aromatic heterocycles. The molecule has 0 saturated carbocycles. The highest BCUT2D eigenvalue weighted by atomic mass is 32.1. The van der Waals surface area contributed by atoms with E-state index in [9.17, 15) is 4.79 Å². The van der Waals surface area contributed by atoms with Crippen molar-refractivity contribution in [1.82, 2.24) is 9.97 Å². The summed E-state index contributed by atoms with van der Waals surface area (Å²) < 4.78 is 0. The standard InChI is InChI=1S/C13H10N2OS/c1-8-2-3-12-10(4-8)11(6-14-12)13-15-5-9(7-16)17-13/h2-7,14H,1H3. The van der Waals surface area contributed by atoms with Crippen LogP contribution < -0.4 is 0 Å². The van der Waals surface area contributed by atoms with Gasteiger partial charge in [-0.2, -0.15) is 0 Å². The van der Waals surface area contributed by atoms with Gasteiger partial charge in [-0.3, -0.25) is 4.79 Å². The molecular formula is C13H10N2OS. The van der Waals surface area contributed by atoms with Crippen LogP contribution in [0.1, 0.15) is 15.2 Å². The summed E-state index contributed by atoms with van der Waals surface area (Å²) in [4.78, 5) is 18.8. The van der Waals surface area contributed by atoms with Crippen molar-refractivity contribution in [1.29, 1.82) is 0 Å². The van der Waals surface area contributed by atoms with E-state index in [4.69, 9.17) is 0 Å². The average molecular weight is 242 g/mol. The Morgan fingerprint density at radius 1 is 1.41 bits per heavy atom. The molecule has 0 unspecified atom stereocenters. The van der Waals surface area contributed by atoms with E-state index in [1.165, 1.54) is 16.9 Å². The van der Waals surface area contributed by atoms with Crippen LogP contribution in [-0.2, 0) is 0 Å². The van der Waals surface area contributed by atoms with Crippen molar-refractivity contribution in [2.45, 2.75) is 6.92 Å². The smallest absolute Gasteiger partial charge is 0.161 e. The van der Waals surface area contributed by atoms with Crippen molar-refractivity contribution in [3.63, 3.8) is 0 Å². The van der Waals surface area contributed by atoms with Crippen LogP contribution in [0, 0.1) is 6.92 Å². The number of nitrogens with zero attached hydrogens (tertiary/aromatic N) is 1. The second kappa shape index (κ2) is 3.82. The molecule has 0 spiro atoms. The molecule has 3 nitrogen and oxygen atoms in total. The van der Waals surface area contributed by atoms with E-state index in [0.29, 0.717) is 4.88 Å². The number of aryl methyl sites for hydroxylation is 1. The zero-order chi connectivity index (χ0) is 11.8. The van der Waals surface area contributed by atoms with Gasteiger partial charge in [0.15, 0.2) is 6.29 Å². The average Bonchev–Trinajstić information content (AvgIpc) is 2.93. The monoisotopic (exact) mass is 242 g/mol. The number of nitrogens with one attached hydrogen (secondary N) is 1. The fourth-order valence-electron chi connectivity index (χ4n) is 1.88. The van der Waals surface area contributed by atoms with E-state index in [1.807, 2.05) is 6.20 Å². The number of benzene rings is 1. The Balaban J connectivity index is 2.22. The fraction of sp³-hybridized carbons (Fsp3) is 0.0769. The minimum Gasteiger partial charge on any atom is -0.360 e. The topological polar surface area (TPSA) is 45.8 Å². The van der Waals surface area contributed by atoms with Gasteiger partial charge in [-0.1, -0.05) is 11.6 Å². The number of aldehydes is 1. The second-order valence-corrected chi connectivity index (χ2v) is 5.00. The Morgan fingerprint density at radius 3 is 3.06 bits per heavy atom. The lowest BCUT2D eigenvalue weighted by molar-refractivity contribution is 0.112. The molecule has 3 rings (SSSR count). The minimum absolute atomic E-state index is 0.655. The molecule has 1 aromatic carbocycles. The molecule has 0 aliphatic rings. The van der Waals surface area contributed by atoms with Gasteiger partial charge >= 0.3 is 0 Å². The molecule has 0 amide bonds. The van der Waals surface area contributed by atoms with Crippen molar-refractivity contribution in [3.05, 3.63) is 41.0 Å². The molecule has 0 fully saturated rings. The molecule has 0 aliphatic heterocycles. The largest absolute Gasteiger partial charge is 0.360 e. The Labute approximate surface area is 102 Å². The second-order valence-electron chi connectivity index (χ2n) is 3.94. The lowest BCUT2D eigenvalue weighted by atomic mass is 10.1. The number of carbonyl (C=O) groups excluding carboxylic acids is 1. The van der Waals surface area contributed by atoms with Gasteiger partial charge in [0, 0.05) is 28.9 Å². The summed E-state index contributed by atoms with van der Waals surface area (Å²) in [5.41, 5.74) is 3.36. The normalized spacial score (nSPS) is 10.9. The number of rotatable bonds is 2. The molecule has 2 heterocycles. The molecule has 0 radical (unpaired) electrons. The molecule has 3 aromatic rings. The highest BCUT2D eigenvalue weighted by Gasteiger charge is 2.10. The molecule has 0 atom stereocenters. The maximum absolute atomic E-state index is 10.7. The van der Waals surface area contributed by atoms with Crippen LogP contribution >= 0.6 is 11.3 Å². The SMILES string of the molecule is Cc1ccc2[nH]cc(-c3ncc(C=O)s3)c2c1. The highest BCUT2D eigenvalue weighted by Crippen LogP contribution is 2.31. The van der Waals surface area contributed by atoms with Gasteiger partial charge in [0.05, 0.1) is 4.88 Å². The predicted octanol–water partition coefficient (Wildman–Crippen LogP) is 3.41. The van der Waals surface area contributed by atoms with Crippen LogP contribution in [-0.4, -0.2) is 16.3 Å². The van der Waals surface area contributed by atoms with Gasteiger partial charge in [-0.05, 0) is 19.1 Å². The van der Waals surface area contributed by atoms with E-state index in [-0.39, 0.29) is 0 Å². The molecule has 84 valence electrons. The summed E-state index contributed by atoms with van der Waals surface area (Å²) in [5, 5.41) is 2.03. The van der Waals surface area contributed by atoms with Crippen LogP contribution in [0.4, 0.5) is 0 Å². The van der Waals surface area contributed by atoms with E-state index < -0.39 is 0 Å². The summed E-state index contributed by atoms with van der Waals surface area (Å²) in [5.74, 6) is 0. The maximum Gasteiger partial charge on any atom is 0.161 e. The van der Waals surface area contributed by atoms with Crippen molar-refractivity contribution in [3.8, 4) is 10.6 Å². The van der Waals surface area contributed by atoms with Crippen LogP contribution in [0.5, 0.6) is 0 Å². The lowest BCUT2D eigenvalue weighted by Crippen LogP contribution is -1.74. The summed E-state index contributed by atoms with van der Waals surface area (Å²) in [6, 6.07) is 6.26. The molecule has 4 heteroatoms. The first kappa shape index (κ1) is 10.2. The lowest BCUT2D eigenvalue weighted by Gasteiger charge is -1.95. The zero-order valence-electron chi connectivity index (χ0n) is 9.23. The number of hydrogen-bond acceptors (Lipinski definition) is 3. The fourth-order valence-corrected chi connectivity index (χ4v) is 2.64. The van der Waals surface area contributed by atoms with Gasteiger partial charge in [-0.15, -0.1) is 11.3 Å². The van der Waals surface area contributed by atoms with Crippen molar-refractivity contribution >= 4 is 28.5 Å². The van der Waals surface area contributed by atoms with E-state index in [1.54, 1.807) is 6.20 Å². The Bertz CT molecular complexity index is 696. The van der Waals surface area contributed by atoms with Crippen molar-refractivity contribution < 1.29 is 4.79 Å². The van der Waals surface area contributed by atoms with Crippen molar-refractivity contribution in [2.75, 3.05) is 0 Å². The summed E-state index contributed by atoms with van der Waals surface area (Å²) in [6.07, 6.45) is 4.39. The number of fused-ring (bicyclic) bond motifs is 1. The summed E-state index contributed by atoms with van der Waals surface area (Å²) in [6.45, 7) is 2.06. The Kier molecular flexibility index (Phi) is 2.30. The molecule has 0 aliphatic carbocycles. The van der Waals surface area contributed by atoms with Crippen LogP contribution in [0.15, 0.2) is 30.6 Å². The Morgan fingerprint density at radius 2 is 2.29 bits per heavy atom. The number of aromatic amines is 1.